The number of hydrogen-bond acceptors (Lipinski definition) is 6. The molecule has 1 heterocycles. The molecule has 0 unspecified atom stereocenters. The molecule has 0 aliphatic rings. The number of alkyl halides is 3. The molecule has 1 aromatic heterocycles. The number of aromatic nitrogens is 2. The van der Waals surface area contributed by atoms with Crippen molar-refractivity contribution in [3.63, 3.8) is 0 Å². The van der Waals surface area contributed by atoms with Crippen molar-refractivity contribution in [1.29, 1.82) is 0 Å². The minimum absolute atomic E-state index is 0.200. The molecule has 0 saturated heterocycles. The van der Waals surface area contributed by atoms with Crippen molar-refractivity contribution in [2.45, 2.75) is 13.1 Å². The molecule has 7 nitrogen and oxygen atoms in total. The van der Waals surface area contributed by atoms with Crippen molar-refractivity contribution < 1.29 is 22.4 Å². The van der Waals surface area contributed by atoms with Gasteiger partial charge >= 0.3 is 12.2 Å². The SMILES string of the molecule is Cc1nnc(NC(=O)c2cccc(C(F)(F)F)c2NN)o1. The Labute approximate surface area is 116 Å². The van der Waals surface area contributed by atoms with E-state index in [2.05, 4.69) is 15.5 Å². The highest BCUT2D eigenvalue weighted by atomic mass is 19.4. The zero-order valence-corrected chi connectivity index (χ0v) is 10.7. The first-order valence-corrected chi connectivity index (χ1v) is 5.61. The largest absolute Gasteiger partial charge is 0.418 e. The average Bonchev–Trinajstić information content (AvgIpc) is 2.82. The van der Waals surface area contributed by atoms with Crippen molar-refractivity contribution >= 4 is 17.6 Å². The molecule has 0 saturated carbocycles. The van der Waals surface area contributed by atoms with Crippen LogP contribution in [0.1, 0.15) is 21.8 Å². The fourth-order valence-electron chi connectivity index (χ4n) is 1.64. The van der Waals surface area contributed by atoms with Gasteiger partial charge in [-0.05, 0) is 12.1 Å². The summed E-state index contributed by atoms with van der Waals surface area (Å²) >= 11 is 0. The van der Waals surface area contributed by atoms with Gasteiger partial charge < -0.3 is 9.84 Å². The van der Waals surface area contributed by atoms with Crippen molar-refractivity contribution in [3.05, 3.63) is 35.2 Å². The lowest BCUT2D eigenvalue weighted by atomic mass is 10.1. The van der Waals surface area contributed by atoms with Crippen molar-refractivity contribution in [2.75, 3.05) is 10.7 Å². The number of hydrogen-bond donors (Lipinski definition) is 3. The van der Waals surface area contributed by atoms with Gasteiger partial charge in [-0.25, -0.2) is 0 Å². The van der Waals surface area contributed by atoms with Crippen molar-refractivity contribution in [2.24, 2.45) is 5.84 Å². The van der Waals surface area contributed by atoms with E-state index in [1.807, 2.05) is 5.43 Å². The van der Waals surface area contributed by atoms with Crippen LogP contribution in [0.25, 0.3) is 0 Å². The number of rotatable bonds is 3. The summed E-state index contributed by atoms with van der Waals surface area (Å²) in [6.45, 7) is 1.50. The third-order valence-electron chi connectivity index (χ3n) is 2.51. The number of benzene rings is 1. The number of aryl methyl sites for hydroxylation is 1. The van der Waals surface area contributed by atoms with E-state index in [-0.39, 0.29) is 17.5 Å². The van der Waals surface area contributed by atoms with E-state index in [0.29, 0.717) is 0 Å². The summed E-state index contributed by atoms with van der Waals surface area (Å²) in [5, 5.41) is 9.19. The minimum atomic E-state index is -4.65. The van der Waals surface area contributed by atoms with Crippen LogP contribution in [-0.4, -0.2) is 16.1 Å². The van der Waals surface area contributed by atoms with E-state index in [1.54, 1.807) is 0 Å². The number of nitrogen functional groups attached to an aromatic ring is 1. The highest BCUT2D eigenvalue weighted by Gasteiger charge is 2.35. The maximum atomic E-state index is 12.8. The third kappa shape index (κ3) is 3.11. The fraction of sp³-hybridized carbons (Fsp3) is 0.182. The Morgan fingerprint density at radius 1 is 1.33 bits per heavy atom. The Kier molecular flexibility index (Phi) is 3.80. The van der Waals surface area contributed by atoms with Crippen LogP contribution in [0.2, 0.25) is 0 Å². The van der Waals surface area contributed by atoms with E-state index < -0.39 is 23.3 Å². The third-order valence-corrected chi connectivity index (χ3v) is 2.51. The van der Waals surface area contributed by atoms with Crippen LogP contribution >= 0.6 is 0 Å². The first-order valence-electron chi connectivity index (χ1n) is 5.61. The van der Waals surface area contributed by atoms with Crippen LogP contribution in [0.3, 0.4) is 0 Å². The zero-order valence-electron chi connectivity index (χ0n) is 10.7. The van der Waals surface area contributed by atoms with Gasteiger partial charge in [0.1, 0.15) is 0 Å². The van der Waals surface area contributed by atoms with Crippen LogP contribution in [0.5, 0.6) is 0 Å². The van der Waals surface area contributed by atoms with Gasteiger partial charge in [0.15, 0.2) is 0 Å². The van der Waals surface area contributed by atoms with Gasteiger partial charge in [-0.2, -0.15) is 13.2 Å². The molecule has 4 N–H and O–H groups in total. The number of amides is 1. The lowest BCUT2D eigenvalue weighted by Gasteiger charge is -2.15. The molecule has 21 heavy (non-hydrogen) atoms. The summed E-state index contributed by atoms with van der Waals surface area (Å²) in [5.74, 6) is 4.44. The molecule has 0 fully saturated rings. The minimum Gasteiger partial charge on any atom is -0.408 e. The number of nitrogens with zero attached hydrogens (tertiary/aromatic N) is 2. The molecule has 0 aliphatic heterocycles. The normalized spacial score (nSPS) is 11.3. The number of hydrazine groups is 1. The van der Waals surface area contributed by atoms with Gasteiger partial charge in [0.25, 0.3) is 5.91 Å². The van der Waals surface area contributed by atoms with Crippen LogP contribution in [0.15, 0.2) is 22.6 Å². The second-order valence-corrected chi connectivity index (χ2v) is 3.95. The molecule has 2 aromatic rings. The topological polar surface area (TPSA) is 106 Å². The maximum Gasteiger partial charge on any atom is 0.418 e. The summed E-state index contributed by atoms with van der Waals surface area (Å²) in [7, 11) is 0. The Morgan fingerprint density at radius 3 is 2.57 bits per heavy atom. The molecule has 0 atom stereocenters. The van der Waals surface area contributed by atoms with E-state index in [1.165, 1.54) is 13.0 Å². The number of anilines is 2. The molecule has 10 heteroatoms. The molecule has 0 aliphatic carbocycles. The molecule has 0 bridgehead atoms. The molecular weight excluding hydrogens is 291 g/mol. The number of carbonyl (C=O) groups is 1. The predicted octanol–water partition coefficient (Wildman–Crippen LogP) is 1.93. The Bertz CT molecular complexity index is 668. The smallest absolute Gasteiger partial charge is 0.408 e. The number of nitrogens with two attached hydrogens (primary N) is 1. The van der Waals surface area contributed by atoms with Crippen LogP contribution in [0, 0.1) is 6.92 Å². The van der Waals surface area contributed by atoms with Gasteiger partial charge in [-0.3, -0.25) is 16.0 Å². The summed E-state index contributed by atoms with van der Waals surface area (Å²) in [6.07, 6.45) is -4.65. The Morgan fingerprint density at radius 2 is 2.05 bits per heavy atom. The zero-order chi connectivity index (χ0) is 15.6. The first kappa shape index (κ1) is 14.8. The van der Waals surface area contributed by atoms with Gasteiger partial charge in [-0.15, -0.1) is 5.10 Å². The Hall–Kier alpha value is -2.62. The lowest BCUT2D eigenvalue weighted by molar-refractivity contribution is -0.137. The molecule has 112 valence electrons. The molecular formula is C11H10F3N5O2. The summed E-state index contributed by atoms with van der Waals surface area (Å²) in [6, 6.07) is 2.86. The summed E-state index contributed by atoms with van der Waals surface area (Å²) in [5.41, 5.74) is -0.00645. The van der Waals surface area contributed by atoms with E-state index in [9.17, 15) is 18.0 Å². The van der Waals surface area contributed by atoms with E-state index >= 15 is 0 Å². The van der Waals surface area contributed by atoms with Crippen LogP contribution in [-0.2, 0) is 6.18 Å². The summed E-state index contributed by atoms with van der Waals surface area (Å²) in [4.78, 5) is 12.0. The van der Waals surface area contributed by atoms with Crippen molar-refractivity contribution in [3.8, 4) is 0 Å². The molecule has 2 rings (SSSR count). The second-order valence-electron chi connectivity index (χ2n) is 3.95. The number of para-hydroxylation sites is 1. The van der Waals surface area contributed by atoms with Crippen LogP contribution < -0.4 is 16.6 Å². The van der Waals surface area contributed by atoms with Gasteiger partial charge in [0.2, 0.25) is 5.89 Å². The predicted molar refractivity (Wildman–Crippen MR) is 66.2 cm³/mol. The number of halogens is 3. The van der Waals surface area contributed by atoms with Gasteiger partial charge in [-0.1, -0.05) is 11.2 Å². The number of nitrogens with one attached hydrogen (secondary N) is 2. The molecule has 1 amide bonds. The highest BCUT2D eigenvalue weighted by molar-refractivity contribution is 6.07. The van der Waals surface area contributed by atoms with E-state index in [0.717, 1.165) is 12.1 Å². The molecule has 0 spiro atoms. The van der Waals surface area contributed by atoms with E-state index in [4.69, 9.17) is 10.3 Å². The highest BCUT2D eigenvalue weighted by Crippen LogP contribution is 2.36. The average molecular weight is 301 g/mol. The van der Waals surface area contributed by atoms with Gasteiger partial charge in [0.05, 0.1) is 16.8 Å². The van der Waals surface area contributed by atoms with Crippen molar-refractivity contribution in [1.82, 2.24) is 10.2 Å². The monoisotopic (exact) mass is 301 g/mol. The number of carbonyl (C=O) groups excluding carboxylic acids is 1. The van der Waals surface area contributed by atoms with Crippen LogP contribution in [0.4, 0.5) is 24.9 Å². The lowest BCUT2D eigenvalue weighted by Crippen LogP contribution is -2.21. The maximum absolute atomic E-state index is 12.8. The fourth-order valence-corrected chi connectivity index (χ4v) is 1.64. The summed E-state index contributed by atoms with van der Waals surface area (Å²) < 4.78 is 43.4. The first-order chi connectivity index (χ1) is 9.82. The quantitative estimate of drug-likeness (QED) is 0.591. The van der Waals surface area contributed by atoms with Gasteiger partial charge in [0, 0.05) is 6.92 Å². The molecule has 0 radical (unpaired) electrons. The second kappa shape index (κ2) is 5.40. The standard InChI is InChI=1S/C11H10F3N5O2/c1-5-18-19-10(21-5)16-9(20)6-3-2-4-7(8(6)17-15)11(12,13)14/h2-4,17H,15H2,1H3,(H,16,19,20). The molecule has 1 aromatic carbocycles. The Balaban J connectivity index is 2.37.